The van der Waals surface area contributed by atoms with Crippen molar-refractivity contribution in [2.45, 2.75) is 19.6 Å². The lowest BCUT2D eigenvalue weighted by Gasteiger charge is -2.18. The molecular formula is C12H19N3O. The predicted molar refractivity (Wildman–Crippen MR) is 65.5 cm³/mol. The van der Waals surface area contributed by atoms with Crippen molar-refractivity contribution in [3.05, 3.63) is 35.4 Å². The van der Waals surface area contributed by atoms with Crippen molar-refractivity contribution in [1.29, 1.82) is 5.41 Å². The van der Waals surface area contributed by atoms with Gasteiger partial charge in [-0.15, -0.1) is 0 Å². The number of nitrogen functional groups attached to an aromatic ring is 1. The monoisotopic (exact) mass is 221 g/mol. The number of rotatable bonds is 5. The average molecular weight is 221 g/mol. The number of hydrogen-bond acceptors (Lipinski definition) is 3. The van der Waals surface area contributed by atoms with Gasteiger partial charge in [0.15, 0.2) is 0 Å². The summed E-state index contributed by atoms with van der Waals surface area (Å²) in [6.07, 6.45) is -0.318. The lowest BCUT2D eigenvalue weighted by Crippen LogP contribution is -2.26. The maximum Gasteiger partial charge on any atom is 0.122 e. The molecule has 0 bridgehead atoms. The molecule has 0 aliphatic carbocycles. The summed E-state index contributed by atoms with van der Waals surface area (Å²) in [6, 6.07) is 7.59. The van der Waals surface area contributed by atoms with Gasteiger partial charge < -0.3 is 10.8 Å². The van der Waals surface area contributed by atoms with E-state index in [0.717, 1.165) is 17.7 Å². The number of hydrogen-bond donors (Lipinski definition) is 3. The van der Waals surface area contributed by atoms with Crippen molar-refractivity contribution in [3.8, 4) is 0 Å². The number of likely N-dealkylation sites (N-methyl/N-ethyl adjacent to an activating group) is 1. The van der Waals surface area contributed by atoms with Crippen LogP contribution in [0.1, 0.15) is 18.1 Å². The van der Waals surface area contributed by atoms with Crippen LogP contribution in [-0.2, 0) is 6.54 Å². The van der Waals surface area contributed by atoms with E-state index >= 15 is 0 Å². The van der Waals surface area contributed by atoms with Gasteiger partial charge in [0.05, 0.1) is 6.10 Å². The molecule has 0 saturated carbocycles. The van der Waals surface area contributed by atoms with Gasteiger partial charge >= 0.3 is 0 Å². The quantitative estimate of drug-likeness (QED) is 0.508. The second-order valence-electron chi connectivity index (χ2n) is 4.16. The average Bonchev–Trinajstić information content (AvgIpc) is 2.16. The first kappa shape index (κ1) is 12.7. The van der Waals surface area contributed by atoms with Crippen molar-refractivity contribution in [3.63, 3.8) is 0 Å². The van der Waals surface area contributed by atoms with Gasteiger partial charge in [-0.2, -0.15) is 0 Å². The van der Waals surface area contributed by atoms with Crippen LogP contribution in [0.5, 0.6) is 0 Å². The summed E-state index contributed by atoms with van der Waals surface area (Å²) in [7, 11) is 1.96. The Hall–Kier alpha value is -1.39. The standard InChI is InChI=1S/C12H19N3O/c1-9(16)7-15(2)8-10-3-5-11(6-4-10)12(13)14/h3-6,9,16H,7-8H2,1-2H3,(H3,13,14). The number of nitrogens with two attached hydrogens (primary N) is 1. The van der Waals surface area contributed by atoms with E-state index in [1.807, 2.05) is 36.2 Å². The highest BCUT2D eigenvalue weighted by Gasteiger charge is 2.04. The van der Waals surface area contributed by atoms with Crippen molar-refractivity contribution in [2.75, 3.05) is 13.6 Å². The topological polar surface area (TPSA) is 73.3 Å². The number of aliphatic hydroxyl groups excluding tert-OH is 1. The zero-order valence-electron chi connectivity index (χ0n) is 9.77. The molecular weight excluding hydrogens is 202 g/mol. The first-order valence-electron chi connectivity index (χ1n) is 5.29. The molecule has 1 atom stereocenters. The first-order chi connectivity index (χ1) is 7.49. The molecule has 0 radical (unpaired) electrons. The Balaban J connectivity index is 2.58. The fraction of sp³-hybridized carbons (Fsp3) is 0.417. The number of nitrogens with zero attached hydrogens (tertiary/aromatic N) is 1. The second kappa shape index (κ2) is 5.63. The van der Waals surface area contributed by atoms with Gasteiger partial charge in [0.1, 0.15) is 5.84 Å². The van der Waals surface area contributed by atoms with Crippen LogP contribution in [0.15, 0.2) is 24.3 Å². The molecule has 1 rings (SSSR count). The van der Waals surface area contributed by atoms with E-state index in [1.54, 1.807) is 6.92 Å². The smallest absolute Gasteiger partial charge is 0.122 e. The molecule has 4 N–H and O–H groups in total. The van der Waals surface area contributed by atoms with Gasteiger partial charge in [0, 0.05) is 18.7 Å². The molecule has 0 aromatic heterocycles. The Kier molecular flexibility index (Phi) is 4.46. The third-order valence-electron chi connectivity index (χ3n) is 2.29. The van der Waals surface area contributed by atoms with Crippen LogP contribution in [0, 0.1) is 5.41 Å². The molecule has 1 unspecified atom stereocenters. The van der Waals surface area contributed by atoms with Crippen molar-refractivity contribution >= 4 is 5.84 Å². The molecule has 4 nitrogen and oxygen atoms in total. The van der Waals surface area contributed by atoms with Gasteiger partial charge in [-0.25, -0.2) is 0 Å². The first-order valence-corrected chi connectivity index (χ1v) is 5.29. The Bertz CT molecular complexity index is 346. The van der Waals surface area contributed by atoms with Crippen LogP contribution in [0.4, 0.5) is 0 Å². The molecule has 0 spiro atoms. The Labute approximate surface area is 96.2 Å². The minimum atomic E-state index is -0.318. The van der Waals surface area contributed by atoms with E-state index in [-0.39, 0.29) is 11.9 Å². The third-order valence-corrected chi connectivity index (χ3v) is 2.29. The number of nitrogens with one attached hydrogen (secondary N) is 1. The van der Waals surface area contributed by atoms with Gasteiger partial charge in [0.25, 0.3) is 0 Å². The minimum absolute atomic E-state index is 0.0869. The molecule has 0 fully saturated rings. The normalized spacial score (nSPS) is 12.8. The highest BCUT2D eigenvalue weighted by molar-refractivity contribution is 5.94. The van der Waals surface area contributed by atoms with Crippen LogP contribution in [-0.4, -0.2) is 35.5 Å². The summed E-state index contributed by atoms with van der Waals surface area (Å²) in [6.45, 7) is 3.20. The fourth-order valence-electron chi connectivity index (χ4n) is 1.62. The summed E-state index contributed by atoms with van der Waals surface area (Å²) in [5.41, 5.74) is 7.26. The number of aliphatic hydroxyl groups is 1. The van der Waals surface area contributed by atoms with E-state index in [0.29, 0.717) is 6.54 Å². The van der Waals surface area contributed by atoms with E-state index in [2.05, 4.69) is 0 Å². The summed E-state index contributed by atoms with van der Waals surface area (Å²) < 4.78 is 0. The molecule has 0 saturated heterocycles. The van der Waals surface area contributed by atoms with Gasteiger partial charge in [-0.05, 0) is 19.5 Å². The van der Waals surface area contributed by atoms with Crippen LogP contribution in [0.25, 0.3) is 0 Å². The molecule has 0 heterocycles. The van der Waals surface area contributed by atoms with Gasteiger partial charge in [0.2, 0.25) is 0 Å². The number of benzene rings is 1. The van der Waals surface area contributed by atoms with Crippen LogP contribution >= 0.6 is 0 Å². The molecule has 1 aromatic carbocycles. The summed E-state index contributed by atoms with van der Waals surface area (Å²) in [5.74, 6) is 0.0869. The van der Waals surface area contributed by atoms with Gasteiger partial charge in [-0.3, -0.25) is 10.3 Å². The third kappa shape index (κ3) is 4.00. The molecule has 1 aromatic rings. The van der Waals surface area contributed by atoms with E-state index < -0.39 is 0 Å². The minimum Gasteiger partial charge on any atom is -0.392 e. The van der Waals surface area contributed by atoms with Crippen LogP contribution in [0.2, 0.25) is 0 Å². The molecule has 0 aliphatic heterocycles. The zero-order valence-corrected chi connectivity index (χ0v) is 9.77. The molecule has 0 aliphatic rings. The van der Waals surface area contributed by atoms with E-state index in [9.17, 15) is 5.11 Å². The van der Waals surface area contributed by atoms with Crippen molar-refractivity contribution in [1.82, 2.24) is 4.90 Å². The number of amidine groups is 1. The van der Waals surface area contributed by atoms with E-state index in [1.165, 1.54) is 0 Å². The van der Waals surface area contributed by atoms with Crippen molar-refractivity contribution in [2.24, 2.45) is 5.73 Å². The zero-order chi connectivity index (χ0) is 12.1. The fourth-order valence-corrected chi connectivity index (χ4v) is 1.62. The van der Waals surface area contributed by atoms with Crippen LogP contribution < -0.4 is 5.73 Å². The summed E-state index contributed by atoms with van der Waals surface area (Å²) in [4.78, 5) is 2.05. The second-order valence-corrected chi connectivity index (χ2v) is 4.16. The Morgan fingerprint density at radius 3 is 2.44 bits per heavy atom. The van der Waals surface area contributed by atoms with Crippen molar-refractivity contribution < 1.29 is 5.11 Å². The van der Waals surface area contributed by atoms with Crippen LogP contribution in [0.3, 0.4) is 0 Å². The Morgan fingerprint density at radius 1 is 1.44 bits per heavy atom. The highest BCUT2D eigenvalue weighted by Crippen LogP contribution is 2.06. The maximum atomic E-state index is 9.23. The molecule has 16 heavy (non-hydrogen) atoms. The molecule has 0 amide bonds. The Morgan fingerprint density at radius 2 is 2.00 bits per heavy atom. The summed E-state index contributed by atoms with van der Waals surface area (Å²) >= 11 is 0. The van der Waals surface area contributed by atoms with E-state index in [4.69, 9.17) is 11.1 Å². The van der Waals surface area contributed by atoms with Gasteiger partial charge in [-0.1, -0.05) is 24.3 Å². The molecule has 4 heteroatoms. The predicted octanol–water partition coefficient (Wildman–Crippen LogP) is 0.783. The molecule has 88 valence electrons. The lowest BCUT2D eigenvalue weighted by molar-refractivity contribution is 0.138. The highest BCUT2D eigenvalue weighted by atomic mass is 16.3. The largest absolute Gasteiger partial charge is 0.392 e. The maximum absolute atomic E-state index is 9.23. The SMILES string of the molecule is CC(O)CN(C)Cc1ccc(C(=N)N)cc1. The lowest BCUT2D eigenvalue weighted by atomic mass is 10.1. The summed E-state index contributed by atoms with van der Waals surface area (Å²) in [5, 5.41) is 16.5.